The number of nitrogens with one attached hydrogen (secondary N) is 2. The highest BCUT2D eigenvalue weighted by atomic mass is 32.1. The van der Waals surface area contributed by atoms with Gasteiger partial charge in [-0.3, -0.25) is 14.4 Å². The van der Waals surface area contributed by atoms with Crippen molar-refractivity contribution in [1.29, 1.82) is 0 Å². The molecule has 1 heterocycles. The molecule has 1 aromatic heterocycles. The molecule has 6 nitrogen and oxygen atoms in total. The largest absolute Gasteiger partial charge is 0.481 e. The second kappa shape index (κ2) is 9.22. The number of carbonyl (C=O) groups excluding carboxylic acids is 2. The normalized spacial score (nSPS) is 13.6. The van der Waals surface area contributed by atoms with Gasteiger partial charge in [-0.1, -0.05) is 36.8 Å². The first-order chi connectivity index (χ1) is 13.8. The maximum atomic E-state index is 12.9. The lowest BCUT2D eigenvalue weighted by molar-refractivity contribution is -0.138. The number of aliphatic carboxylic acids is 1. The third-order valence-corrected chi connectivity index (χ3v) is 6.24. The minimum absolute atomic E-state index is 0.0573. The van der Waals surface area contributed by atoms with Gasteiger partial charge in [-0.05, 0) is 43.2 Å². The van der Waals surface area contributed by atoms with Crippen molar-refractivity contribution in [3.8, 4) is 0 Å². The third kappa shape index (κ3) is 5.44. The lowest BCUT2D eigenvalue weighted by atomic mass is 10.0. The van der Waals surface area contributed by atoms with E-state index >= 15 is 0 Å². The highest BCUT2D eigenvalue weighted by Gasteiger charge is 2.27. The van der Waals surface area contributed by atoms with Crippen LogP contribution in [-0.4, -0.2) is 22.9 Å². The number of fused-ring (bicyclic) bond motifs is 1. The van der Waals surface area contributed by atoms with Gasteiger partial charge in [0.15, 0.2) is 0 Å². The molecule has 0 unspecified atom stereocenters. The maximum Gasteiger partial charge on any atom is 0.303 e. The molecular weight excluding hydrogens is 388 g/mol. The van der Waals surface area contributed by atoms with E-state index in [9.17, 15) is 14.4 Å². The number of aryl methyl sites for hydroxylation is 2. The van der Waals surface area contributed by atoms with E-state index < -0.39 is 5.97 Å². The van der Waals surface area contributed by atoms with E-state index in [1.165, 1.54) is 11.3 Å². The fourth-order valence-electron chi connectivity index (χ4n) is 3.57. The molecule has 0 saturated heterocycles. The third-order valence-electron chi connectivity index (χ3n) is 5.03. The highest BCUT2D eigenvalue weighted by molar-refractivity contribution is 7.17. The Kier molecular flexibility index (Phi) is 6.69. The Labute approximate surface area is 174 Å². The number of amides is 2. The van der Waals surface area contributed by atoms with Crippen LogP contribution in [0, 0.1) is 12.8 Å². The van der Waals surface area contributed by atoms with Crippen LogP contribution in [0.4, 0.5) is 5.00 Å². The molecule has 7 heteroatoms. The van der Waals surface area contributed by atoms with Gasteiger partial charge in [0.1, 0.15) is 5.00 Å². The number of benzene rings is 1. The van der Waals surface area contributed by atoms with Gasteiger partial charge in [-0.2, -0.15) is 0 Å². The molecule has 1 aliphatic rings. The Morgan fingerprint density at radius 2 is 1.86 bits per heavy atom. The molecule has 0 bridgehead atoms. The van der Waals surface area contributed by atoms with E-state index in [0.29, 0.717) is 17.1 Å². The average Bonchev–Trinajstić information content (AvgIpc) is 3.20. The van der Waals surface area contributed by atoms with Gasteiger partial charge in [0, 0.05) is 24.3 Å². The zero-order valence-electron chi connectivity index (χ0n) is 16.7. The molecule has 154 valence electrons. The van der Waals surface area contributed by atoms with Crippen molar-refractivity contribution in [2.75, 3.05) is 5.32 Å². The number of hydrogen-bond acceptors (Lipinski definition) is 4. The molecule has 0 aliphatic heterocycles. The average molecular weight is 415 g/mol. The van der Waals surface area contributed by atoms with Crippen molar-refractivity contribution in [2.45, 2.75) is 52.5 Å². The number of hydrogen-bond donors (Lipinski definition) is 3. The van der Waals surface area contributed by atoms with Gasteiger partial charge in [-0.25, -0.2) is 0 Å². The van der Waals surface area contributed by atoms with Crippen LogP contribution in [0.25, 0.3) is 0 Å². The van der Waals surface area contributed by atoms with Gasteiger partial charge < -0.3 is 15.7 Å². The lowest BCUT2D eigenvalue weighted by Gasteiger charge is -2.11. The van der Waals surface area contributed by atoms with Gasteiger partial charge in [0.25, 0.3) is 5.91 Å². The van der Waals surface area contributed by atoms with Crippen molar-refractivity contribution >= 4 is 34.1 Å². The molecule has 1 aromatic carbocycles. The van der Waals surface area contributed by atoms with E-state index in [1.54, 1.807) is 6.92 Å². The summed E-state index contributed by atoms with van der Waals surface area (Å²) in [5, 5.41) is 15.3. The fraction of sp³-hybridized carbons (Fsp3) is 0.409. The zero-order chi connectivity index (χ0) is 21.0. The minimum atomic E-state index is -0.920. The monoisotopic (exact) mass is 414 g/mol. The summed E-state index contributed by atoms with van der Waals surface area (Å²) in [6.45, 7) is 4.17. The zero-order valence-corrected chi connectivity index (χ0v) is 17.5. The van der Waals surface area contributed by atoms with E-state index in [2.05, 4.69) is 10.6 Å². The number of rotatable bonds is 8. The summed E-state index contributed by atoms with van der Waals surface area (Å²) in [6.07, 6.45) is 2.83. The second-order valence-corrected chi connectivity index (χ2v) is 8.79. The van der Waals surface area contributed by atoms with E-state index in [-0.39, 0.29) is 30.6 Å². The number of anilines is 1. The molecule has 2 aromatic rings. The first-order valence-electron chi connectivity index (χ1n) is 9.83. The summed E-state index contributed by atoms with van der Waals surface area (Å²) in [4.78, 5) is 37.3. The molecule has 0 saturated carbocycles. The number of carbonyl (C=O) groups is 3. The SMILES string of the molecule is Cc1ccc(CNC(=O)c2c(NC(=O)C[C@H](C)CC(=O)O)sc3c2CCC3)cc1. The fourth-order valence-corrected chi connectivity index (χ4v) is 4.88. The van der Waals surface area contributed by atoms with E-state index in [0.717, 1.165) is 40.8 Å². The topological polar surface area (TPSA) is 95.5 Å². The summed E-state index contributed by atoms with van der Waals surface area (Å²) in [7, 11) is 0. The predicted octanol–water partition coefficient (Wildman–Crippen LogP) is 3.91. The first-order valence-corrected chi connectivity index (χ1v) is 10.6. The molecule has 0 radical (unpaired) electrons. The Bertz CT molecular complexity index is 918. The minimum Gasteiger partial charge on any atom is -0.481 e. The maximum absolute atomic E-state index is 12.9. The second-order valence-electron chi connectivity index (χ2n) is 7.69. The van der Waals surface area contributed by atoms with Gasteiger partial charge in [0.05, 0.1) is 5.56 Å². The van der Waals surface area contributed by atoms with Crippen LogP contribution in [-0.2, 0) is 29.0 Å². The Hall–Kier alpha value is -2.67. The van der Waals surface area contributed by atoms with Crippen LogP contribution in [0.5, 0.6) is 0 Å². The summed E-state index contributed by atoms with van der Waals surface area (Å²) in [5.74, 6) is -1.63. The summed E-state index contributed by atoms with van der Waals surface area (Å²) >= 11 is 1.46. The molecule has 3 N–H and O–H groups in total. The molecule has 1 atom stereocenters. The molecule has 3 rings (SSSR count). The Balaban J connectivity index is 1.70. The van der Waals surface area contributed by atoms with Crippen LogP contribution in [0.15, 0.2) is 24.3 Å². The molecular formula is C22H26N2O4S. The van der Waals surface area contributed by atoms with Crippen molar-refractivity contribution in [2.24, 2.45) is 5.92 Å². The molecule has 2 amide bonds. The molecule has 0 spiro atoms. The number of carboxylic acid groups (broad SMARTS) is 1. The summed E-state index contributed by atoms with van der Waals surface area (Å²) < 4.78 is 0. The van der Waals surface area contributed by atoms with Crippen LogP contribution >= 0.6 is 11.3 Å². The van der Waals surface area contributed by atoms with E-state index in [1.807, 2.05) is 31.2 Å². The number of thiophene rings is 1. The molecule has 1 aliphatic carbocycles. The van der Waals surface area contributed by atoms with Crippen molar-refractivity contribution in [1.82, 2.24) is 5.32 Å². The summed E-state index contributed by atoms with van der Waals surface area (Å²) in [6, 6.07) is 7.99. The van der Waals surface area contributed by atoms with E-state index in [4.69, 9.17) is 5.11 Å². The molecule has 0 fully saturated rings. The van der Waals surface area contributed by atoms with Gasteiger partial charge >= 0.3 is 5.97 Å². The van der Waals surface area contributed by atoms with Crippen molar-refractivity contribution in [3.05, 3.63) is 51.4 Å². The lowest BCUT2D eigenvalue weighted by Crippen LogP contribution is -2.25. The van der Waals surface area contributed by atoms with Gasteiger partial charge in [-0.15, -0.1) is 11.3 Å². The van der Waals surface area contributed by atoms with Crippen molar-refractivity contribution < 1.29 is 19.5 Å². The Morgan fingerprint density at radius 3 is 2.55 bits per heavy atom. The number of carboxylic acids is 1. The van der Waals surface area contributed by atoms with Crippen LogP contribution in [0.2, 0.25) is 0 Å². The van der Waals surface area contributed by atoms with Gasteiger partial charge in [0.2, 0.25) is 5.91 Å². The highest BCUT2D eigenvalue weighted by Crippen LogP contribution is 2.39. The predicted molar refractivity (Wildman–Crippen MR) is 113 cm³/mol. The summed E-state index contributed by atoms with van der Waals surface area (Å²) in [5.41, 5.74) is 3.78. The standard InChI is InChI=1S/C22H26N2O4S/c1-13-6-8-15(9-7-13)12-23-21(28)20-16-4-3-5-17(16)29-22(20)24-18(25)10-14(2)11-19(26)27/h6-9,14H,3-5,10-12H2,1-2H3,(H,23,28)(H,24,25)(H,26,27)/t14-/m0/s1. The van der Waals surface area contributed by atoms with Crippen LogP contribution in [0.3, 0.4) is 0 Å². The van der Waals surface area contributed by atoms with Crippen LogP contribution in [0.1, 0.15) is 58.1 Å². The Morgan fingerprint density at radius 1 is 1.14 bits per heavy atom. The smallest absolute Gasteiger partial charge is 0.303 e. The first kappa shape index (κ1) is 21.0. The quantitative estimate of drug-likeness (QED) is 0.610. The molecule has 29 heavy (non-hydrogen) atoms. The van der Waals surface area contributed by atoms with Crippen molar-refractivity contribution in [3.63, 3.8) is 0 Å². The van der Waals surface area contributed by atoms with Crippen LogP contribution < -0.4 is 10.6 Å².